The summed E-state index contributed by atoms with van der Waals surface area (Å²) in [4.78, 5) is 26.2. The van der Waals surface area contributed by atoms with Gasteiger partial charge in [0.05, 0.1) is 0 Å². The molecule has 1 aromatic rings. The number of halogens is 1. The van der Waals surface area contributed by atoms with Crippen LogP contribution < -0.4 is 4.74 Å². The largest absolute Gasteiger partial charge is 0.481 e. The monoisotopic (exact) mass is 296 g/mol. The van der Waals surface area contributed by atoms with Gasteiger partial charge >= 0.3 is 0 Å². The number of hydrogen-bond donors (Lipinski definition) is 0. The van der Waals surface area contributed by atoms with Crippen molar-refractivity contribution < 1.29 is 14.3 Å². The first-order chi connectivity index (χ1) is 9.60. The third kappa shape index (κ3) is 3.63. The van der Waals surface area contributed by atoms with Gasteiger partial charge in [0.15, 0.2) is 6.10 Å². The Hall–Kier alpha value is -1.75. The molecule has 1 aliphatic heterocycles. The van der Waals surface area contributed by atoms with E-state index in [2.05, 4.69) is 0 Å². The fourth-order valence-electron chi connectivity index (χ4n) is 2.10. The molecular weight excluding hydrogens is 280 g/mol. The van der Waals surface area contributed by atoms with Gasteiger partial charge in [-0.15, -0.1) is 0 Å². The van der Waals surface area contributed by atoms with Crippen molar-refractivity contribution in [2.24, 2.45) is 0 Å². The summed E-state index contributed by atoms with van der Waals surface area (Å²) in [5.41, 5.74) is 0. The Kier molecular flexibility index (Phi) is 4.84. The number of piperazine rings is 1. The first kappa shape index (κ1) is 14.7. The highest BCUT2D eigenvalue weighted by atomic mass is 35.5. The van der Waals surface area contributed by atoms with Gasteiger partial charge in [0.1, 0.15) is 5.75 Å². The first-order valence-corrected chi connectivity index (χ1v) is 6.88. The molecule has 20 heavy (non-hydrogen) atoms. The maximum absolute atomic E-state index is 12.2. The Morgan fingerprint density at radius 2 is 2.05 bits per heavy atom. The van der Waals surface area contributed by atoms with Crippen LogP contribution in [0, 0.1) is 0 Å². The van der Waals surface area contributed by atoms with E-state index in [4.69, 9.17) is 16.3 Å². The maximum atomic E-state index is 12.2. The molecule has 1 atom stereocenters. The number of rotatable bonds is 4. The Morgan fingerprint density at radius 3 is 2.65 bits per heavy atom. The van der Waals surface area contributed by atoms with Gasteiger partial charge in [-0.05, 0) is 25.1 Å². The molecular formula is C14H17ClN2O3. The molecule has 0 aromatic heterocycles. The summed E-state index contributed by atoms with van der Waals surface area (Å²) in [5.74, 6) is 0.500. The number of carbonyl (C=O) groups excluding carboxylic acids is 2. The van der Waals surface area contributed by atoms with Crippen molar-refractivity contribution in [2.45, 2.75) is 13.0 Å². The summed E-state index contributed by atoms with van der Waals surface area (Å²) in [5, 5.41) is 0.571. The summed E-state index contributed by atoms with van der Waals surface area (Å²) < 4.78 is 5.60. The molecule has 0 spiro atoms. The highest BCUT2D eigenvalue weighted by Gasteiger charge is 2.25. The third-order valence-corrected chi connectivity index (χ3v) is 3.47. The van der Waals surface area contributed by atoms with E-state index in [-0.39, 0.29) is 5.91 Å². The van der Waals surface area contributed by atoms with Crippen molar-refractivity contribution in [3.63, 3.8) is 0 Å². The van der Waals surface area contributed by atoms with Crippen molar-refractivity contribution in [3.8, 4) is 5.75 Å². The third-order valence-electron chi connectivity index (χ3n) is 3.23. The molecule has 108 valence electrons. The second-order valence-corrected chi connectivity index (χ2v) is 5.12. The van der Waals surface area contributed by atoms with Crippen LogP contribution in [0.3, 0.4) is 0 Å². The lowest BCUT2D eigenvalue weighted by atomic mass is 10.2. The zero-order chi connectivity index (χ0) is 14.5. The molecule has 0 N–H and O–H groups in total. The predicted octanol–water partition coefficient (Wildman–Crippen LogP) is 1.41. The van der Waals surface area contributed by atoms with E-state index in [1.165, 1.54) is 0 Å². The highest BCUT2D eigenvalue weighted by Crippen LogP contribution is 2.19. The van der Waals surface area contributed by atoms with Crippen LogP contribution in [0.2, 0.25) is 5.02 Å². The molecule has 1 heterocycles. The Morgan fingerprint density at radius 1 is 1.35 bits per heavy atom. The average molecular weight is 297 g/mol. The number of ether oxygens (including phenoxy) is 1. The SMILES string of the molecule is CC(Oc1cccc(Cl)c1)C(=O)N1CCN(C=O)CC1. The topological polar surface area (TPSA) is 49.9 Å². The summed E-state index contributed by atoms with van der Waals surface area (Å²) >= 11 is 5.87. The molecule has 1 aliphatic rings. The molecule has 1 unspecified atom stereocenters. The van der Waals surface area contributed by atoms with Crippen molar-refractivity contribution >= 4 is 23.9 Å². The van der Waals surface area contributed by atoms with Gasteiger partial charge in [0.25, 0.3) is 5.91 Å². The molecule has 0 saturated carbocycles. The summed E-state index contributed by atoms with van der Waals surface area (Å²) in [6.45, 7) is 3.94. The van der Waals surface area contributed by atoms with Crippen LogP contribution in [0.25, 0.3) is 0 Å². The highest BCUT2D eigenvalue weighted by molar-refractivity contribution is 6.30. The van der Waals surface area contributed by atoms with Crippen LogP contribution in [0.5, 0.6) is 5.75 Å². The zero-order valence-corrected chi connectivity index (χ0v) is 12.0. The number of nitrogens with zero attached hydrogens (tertiary/aromatic N) is 2. The zero-order valence-electron chi connectivity index (χ0n) is 11.3. The lowest BCUT2D eigenvalue weighted by Gasteiger charge is -2.33. The summed E-state index contributed by atoms with van der Waals surface area (Å²) in [6.07, 6.45) is 0.240. The van der Waals surface area contributed by atoms with Crippen molar-refractivity contribution in [3.05, 3.63) is 29.3 Å². The number of amides is 2. The van der Waals surface area contributed by atoms with Crippen LogP contribution in [0.1, 0.15) is 6.92 Å². The molecule has 6 heteroatoms. The molecule has 2 amide bonds. The van der Waals surface area contributed by atoms with E-state index in [9.17, 15) is 9.59 Å². The van der Waals surface area contributed by atoms with E-state index in [1.54, 1.807) is 41.0 Å². The van der Waals surface area contributed by atoms with Gasteiger partial charge in [-0.25, -0.2) is 0 Å². The van der Waals surface area contributed by atoms with Crippen LogP contribution in [0.15, 0.2) is 24.3 Å². The van der Waals surface area contributed by atoms with E-state index in [1.807, 2.05) is 0 Å². The number of benzene rings is 1. The molecule has 0 radical (unpaired) electrons. The van der Waals surface area contributed by atoms with Crippen LogP contribution in [-0.4, -0.2) is 54.4 Å². The average Bonchev–Trinajstić information content (AvgIpc) is 2.46. The molecule has 5 nitrogen and oxygen atoms in total. The smallest absolute Gasteiger partial charge is 0.263 e. The Labute approximate surface area is 123 Å². The minimum absolute atomic E-state index is 0.0736. The maximum Gasteiger partial charge on any atom is 0.263 e. The van der Waals surface area contributed by atoms with Gasteiger partial charge in [-0.2, -0.15) is 0 Å². The van der Waals surface area contributed by atoms with Gasteiger partial charge in [-0.3, -0.25) is 9.59 Å². The lowest BCUT2D eigenvalue weighted by Crippen LogP contribution is -2.51. The summed E-state index contributed by atoms with van der Waals surface area (Å²) in [7, 11) is 0. The first-order valence-electron chi connectivity index (χ1n) is 6.50. The van der Waals surface area contributed by atoms with Gasteiger partial charge in [0, 0.05) is 31.2 Å². The molecule has 0 aliphatic carbocycles. The van der Waals surface area contributed by atoms with Crippen molar-refractivity contribution in [1.29, 1.82) is 0 Å². The van der Waals surface area contributed by atoms with E-state index in [0.717, 1.165) is 6.41 Å². The summed E-state index contributed by atoms with van der Waals surface area (Å²) in [6, 6.07) is 6.97. The normalized spacial score (nSPS) is 16.7. The fourth-order valence-corrected chi connectivity index (χ4v) is 2.28. The Balaban J connectivity index is 1.90. The minimum Gasteiger partial charge on any atom is -0.481 e. The van der Waals surface area contributed by atoms with Crippen molar-refractivity contribution in [2.75, 3.05) is 26.2 Å². The lowest BCUT2D eigenvalue weighted by molar-refractivity contribution is -0.141. The standard InChI is InChI=1S/C14H17ClN2O3/c1-11(20-13-4-2-3-12(15)9-13)14(19)17-7-5-16(10-18)6-8-17/h2-4,9-11H,5-8H2,1H3. The predicted molar refractivity (Wildman–Crippen MR) is 75.8 cm³/mol. The van der Waals surface area contributed by atoms with Gasteiger partial charge in [0.2, 0.25) is 6.41 Å². The number of hydrogen-bond acceptors (Lipinski definition) is 3. The van der Waals surface area contributed by atoms with E-state index in [0.29, 0.717) is 37.0 Å². The van der Waals surface area contributed by atoms with E-state index >= 15 is 0 Å². The second kappa shape index (κ2) is 6.61. The molecule has 1 aromatic carbocycles. The Bertz CT molecular complexity index is 487. The quantitative estimate of drug-likeness (QED) is 0.789. The van der Waals surface area contributed by atoms with Gasteiger partial charge < -0.3 is 14.5 Å². The van der Waals surface area contributed by atoms with Gasteiger partial charge in [-0.1, -0.05) is 17.7 Å². The van der Waals surface area contributed by atoms with E-state index < -0.39 is 6.10 Å². The molecule has 0 bridgehead atoms. The fraction of sp³-hybridized carbons (Fsp3) is 0.429. The van der Waals surface area contributed by atoms with Crippen molar-refractivity contribution in [1.82, 2.24) is 9.80 Å². The molecule has 2 rings (SSSR count). The van der Waals surface area contributed by atoms with Crippen LogP contribution in [0.4, 0.5) is 0 Å². The van der Waals surface area contributed by atoms with Crippen LogP contribution >= 0.6 is 11.6 Å². The van der Waals surface area contributed by atoms with Crippen LogP contribution in [-0.2, 0) is 9.59 Å². The molecule has 1 fully saturated rings. The second-order valence-electron chi connectivity index (χ2n) is 4.68. The molecule has 1 saturated heterocycles. The number of carbonyl (C=O) groups is 2. The minimum atomic E-state index is -0.573.